The van der Waals surface area contributed by atoms with Crippen molar-refractivity contribution >= 4 is 23.2 Å². The fraction of sp³-hybridized carbons (Fsp3) is 0.800. The Morgan fingerprint density at radius 2 is 2.25 bits per heavy atom. The molecule has 0 aliphatic rings. The molecule has 0 aliphatic heterocycles. The number of hydrogen-bond donors (Lipinski definition) is 0. The second kappa shape index (κ2) is 3.17. The van der Waals surface area contributed by atoms with Gasteiger partial charge in [0.05, 0.1) is 17.4 Å². The second-order valence-electron chi connectivity index (χ2n) is 1.88. The third-order valence-corrected chi connectivity index (χ3v) is 1.72. The van der Waals surface area contributed by atoms with Crippen LogP contribution in [0.1, 0.15) is 13.3 Å². The highest BCUT2D eigenvalue weighted by Crippen LogP contribution is 2.19. The van der Waals surface area contributed by atoms with E-state index in [9.17, 15) is 0 Å². The van der Waals surface area contributed by atoms with Gasteiger partial charge in [0.25, 0.3) is 0 Å². The quantitative estimate of drug-likeness (QED) is 0.556. The Hall–Kier alpha value is 0.0700. The van der Waals surface area contributed by atoms with Crippen molar-refractivity contribution in [2.24, 2.45) is 0 Å². The summed E-state index contributed by atoms with van der Waals surface area (Å²) in [6.07, 6.45) is 0.304. The molecule has 0 saturated carbocycles. The molecule has 0 aromatic rings. The lowest BCUT2D eigenvalue weighted by Gasteiger charge is -2.11. The number of rotatable bonds is 2. The van der Waals surface area contributed by atoms with Gasteiger partial charge < -0.3 is 0 Å². The smallest absolute Gasteiger partial charge is 0.0682 e. The van der Waals surface area contributed by atoms with Crippen molar-refractivity contribution < 1.29 is 0 Å². The van der Waals surface area contributed by atoms with E-state index in [0.717, 1.165) is 0 Å². The normalized spacial score (nSPS) is 16.8. The lowest BCUT2D eigenvalue weighted by molar-refractivity contribution is 0.727. The van der Waals surface area contributed by atoms with Gasteiger partial charge in [-0.1, -0.05) is 0 Å². The van der Waals surface area contributed by atoms with Crippen molar-refractivity contribution in [2.75, 3.05) is 5.88 Å². The molecular weight excluding hydrogens is 145 g/mol. The van der Waals surface area contributed by atoms with Gasteiger partial charge in [-0.25, -0.2) is 0 Å². The molecule has 3 heteroatoms. The van der Waals surface area contributed by atoms with Gasteiger partial charge in [0, 0.05) is 5.88 Å². The Balaban J connectivity index is 3.58. The van der Waals surface area contributed by atoms with Gasteiger partial charge in [0.15, 0.2) is 0 Å². The van der Waals surface area contributed by atoms with Crippen LogP contribution in [0.15, 0.2) is 0 Å². The van der Waals surface area contributed by atoms with E-state index in [1.165, 1.54) is 0 Å². The van der Waals surface area contributed by atoms with Crippen LogP contribution in [-0.2, 0) is 0 Å². The molecular formula is C5H7Cl2N. The zero-order valence-corrected chi connectivity index (χ0v) is 6.13. The fourth-order valence-electron chi connectivity index (χ4n) is 0.212. The van der Waals surface area contributed by atoms with Crippen LogP contribution in [0, 0.1) is 11.3 Å². The Bertz CT molecular complexity index is 103. The topological polar surface area (TPSA) is 23.8 Å². The van der Waals surface area contributed by atoms with Crippen LogP contribution < -0.4 is 0 Å². The van der Waals surface area contributed by atoms with Gasteiger partial charge in [-0.2, -0.15) is 5.26 Å². The fourth-order valence-corrected chi connectivity index (χ4v) is 0.366. The van der Waals surface area contributed by atoms with Gasteiger partial charge in [-0.05, 0) is 6.92 Å². The van der Waals surface area contributed by atoms with Crippen molar-refractivity contribution in [3.8, 4) is 6.07 Å². The van der Waals surface area contributed by atoms with E-state index in [4.69, 9.17) is 28.5 Å². The molecule has 0 N–H and O–H groups in total. The molecule has 0 spiro atoms. The summed E-state index contributed by atoms with van der Waals surface area (Å²) in [5.41, 5.74) is 0. The van der Waals surface area contributed by atoms with Crippen molar-refractivity contribution in [3.05, 3.63) is 0 Å². The molecule has 1 unspecified atom stereocenters. The van der Waals surface area contributed by atoms with Gasteiger partial charge in [-0.3, -0.25) is 0 Å². The molecule has 0 aromatic heterocycles. The summed E-state index contributed by atoms with van der Waals surface area (Å²) in [5, 5.41) is 8.14. The zero-order chi connectivity index (χ0) is 6.62. The molecule has 0 aromatic carbocycles. The first kappa shape index (κ1) is 8.07. The van der Waals surface area contributed by atoms with E-state index in [1.807, 2.05) is 6.07 Å². The maximum atomic E-state index is 8.14. The van der Waals surface area contributed by atoms with Gasteiger partial charge in [0.2, 0.25) is 0 Å². The number of hydrogen-bond acceptors (Lipinski definition) is 1. The summed E-state index contributed by atoms with van der Waals surface area (Å²) in [6.45, 7) is 1.74. The number of alkyl halides is 2. The number of nitriles is 1. The highest BCUT2D eigenvalue weighted by atomic mass is 35.5. The zero-order valence-electron chi connectivity index (χ0n) is 4.62. The van der Waals surface area contributed by atoms with E-state index in [2.05, 4.69) is 0 Å². The van der Waals surface area contributed by atoms with E-state index < -0.39 is 4.87 Å². The standard InChI is InChI=1S/C5H7Cl2N/c1-5(7,4-6)2-3-8/h2,4H2,1H3. The third-order valence-electron chi connectivity index (χ3n) is 0.726. The Kier molecular flexibility index (Phi) is 3.19. The minimum atomic E-state index is -0.531. The summed E-state index contributed by atoms with van der Waals surface area (Å²) < 4.78 is 0. The minimum absolute atomic E-state index is 0.304. The highest BCUT2D eigenvalue weighted by molar-refractivity contribution is 6.30. The van der Waals surface area contributed by atoms with Crippen LogP contribution >= 0.6 is 23.2 Å². The van der Waals surface area contributed by atoms with E-state index in [1.54, 1.807) is 6.92 Å². The summed E-state index contributed by atoms with van der Waals surface area (Å²) in [7, 11) is 0. The van der Waals surface area contributed by atoms with E-state index in [0.29, 0.717) is 12.3 Å². The lowest BCUT2D eigenvalue weighted by Crippen LogP contribution is -2.16. The molecule has 0 saturated heterocycles. The predicted octanol–water partition coefficient (Wildman–Crippen LogP) is 2.14. The lowest BCUT2D eigenvalue weighted by atomic mass is 10.1. The van der Waals surface area contributed by atoms with Gasteiger partial charge in [-0.15, -0.1) is 23.2 Å². The largest absolute Gasteiger partial charge is 0.198 e. The van der Waals surface area contributed by atoms with Crippen LogP contribution in [0.5, 0.6) is 0 Å². The minimum Gasteiger partial charge on any atom is -0.198 e. The highest BCUT2D eigenvalue weighted by Gasteiger charge is 2.17. The van der Waals surface area contributed by atoms with Gasteiger partial charge >= 0.3 is 0 Å². The molecule has 0 fully saturated rings. The Labute approximate surface area is 59.2 Å². The number of halogens is 2. The molecule has 8 heavy (non-hydrogen) atoms. The van der Waals surface area contributed by atoms with E-state index >= 15 is 0 Å². The molecule has 0 heterocycles. The Morgan fingerprint density at radius 1 is 1.75 bits per heavy atom. The average molecular weight is 152 g/mol. The summed E-state index contributed by atoms with van der Waals surface area (Å²) in [4.78, 5) is -0.531. The van der Waals surface area contributed by atoms with Gasteiger partial charge in [0.1, 0.15) is 0 Å². The summed E-state index contributed by atoms with van der Waals surface area (Å²) in [6, 6.07) is 1.94. The van der Waals surface area contributed by atoms with E-state index in [-0.39, 0.29) is 0 Å². The summed E-state index contributed by atoms with van der Waals surface area (Å²) >= 11 is 11.1. The first-order chi connectivity index (χ1) is 3.62. The second-order valence-corrected chi connectivity index (χ2v) is 3.06. The molecule has 0 bridgehead atoms. The van der Waals surface area contributed by atoms with Crippen molar-refractivity contribution in [2.45, 2.75) is 18.2 Å². The molecule has 0 rings (SSSR count). The molecule has 1 atom stereocenters. The van der Waals surface area contributed by atoms with Crippen LogP contribution in [0.2, 0.25) is 0 Å². The molecule has 0 aliphatic carbocycles. The van der Waals surface area contributed by atoms with Crippen LogP contribution in [0.3, 0.4) is 0 Å². The predicted molar refractivity (Wildman–Crippen MR) is 35.2 cm³/mol. The first-order valence-corrected chi connectivity index (χ1v) is 3.15. The maximum Gasteiger partial charge on any atom is 0.0682 e. The van der Waals surface area contributed by atoms with Crippen molar-refractivity contribution in [1.29, 1.82) is 5.26 Å². The molecule has 46 valence electrons. The number of nitrogens with zero attached hydrogens (tertiary/aromatic N) is 1. The van der Waals surface area contributed by atoms with Crippen molar-refractivity contribution in [3.63, 3.8) is 0 Å². The monoisotopic (exact) mass is 151 g/mol. The van der Waals surface area contributed by atoms with Crippen LogP contribution in [0.4, 0.5) is 0 Å². The van der Waals surface area contributed by atoms with Crippen LogP contribution in [0.25, 0.3) is 0 Å². The maximum absolute atomic E-state index is 8.14. The molecule has 1 nitrogen and oxygen atoms in total. The molecule has 0 radical (unpaired) electrons. The van der Waals surface area contributed by atoms with Crippen LogP contribution in [-0.4, -0.2) is 10.8 Å². The third kappa shape index (κ3) is 3.12. The first-order valence-electron chi connectivity index (χ1n) is 2.24. The SMILES string of the molecule is CC(Cl)(CCl)CC#N. The average Bonchev–Trinajstić information content (AvgIpc) is 1.67. The molecule has 0 amide bonds. The Morgan fingerprint density at radius 3 is 2.38 bits per heavy atom. The summed E-state index contributed by atoms with van der Waals surface area (Å²) in [5.74, 6) is 0.322. The van der Waals surface area contributed by atoms with Crippen molar-refractivity contribution in [1.82, 2.24) is 0 Å².